The lowest BCUT2D eigenvalue weighted by Gasteiger charge is -2.20. The van der Waals surface area contributed by atoms with Gasteiger partial charge in [0.05, 0.1) is 4.75 Å². The van der Waals surface area contributed by atoms with Gasteiger partial charge in [-0.2, -0.15) is 0 Å². The van der Waals surface area contributed by atoms with Gasteiger partial charge in [0.2, 0.25) is 0 Å². The Morgan fingerprint density at radius 1 is 1.55 bits per heavy atom. The largest absolute Gasteiger partial charge is 0.298 e. The number of ketones is 1. The second kappa shape index (κ2) is 2.51. The van der Waals surface area contributed by atoms with Crippen molar-refractivity contribution in [3.8, 4) is 0 Å². The molecule has 1 aliphatic heterocycles. The first-order valence-electron chi connectivity index (χ1n) is 4.41. The van der Waals surface area contributed by atoms with E-state index in [0.717, 1.165) is 19.3 Å². The fourth-order valence-corrected chi connectivity index (χ4v) is 3.09. The minimum atomic E-state index is 0.0150. The molecule has 1 unspecified atom stereocenters. The summed E-state index contributed by atoms with van der Waals surface area (Å²) in [6.07, 6.45) is 4.68. The van der Waals surface area contributed by atoms with E-state index in [1.807, 2.05) is 11.8 Å². The lowest BCUT2D eigenvalue weighted by atomic mass is 9.97. The Hall–Kier alpha value is 0.0200. The van der Waals surface area contributed by atoms with Gasteiger partial charge in [0.1, 0.15) is 0 Å². The Balaban J connectivity index is 2.05. The summed E-state index contributed by atoms with van der Waals surface area (Å²) < 4.78 is 0.0150. The first-order chi connectivity index (χ1) is 5.22. The van der Waals surface area contributed by atoms with Crippen molar-refractivity contribution in [2.75, 3.05) is 5.75 Å². The average molecular weight is 170 g/mol. The number of rotatable bonds is 2. The number of carbonyl (C=O) groups excluding carboxylic acids is 1. The fraction of sp³-hybridized carbons (Fsp3) is 0.889. The number of Topliss-reactive ketones (excluding diaryl/α,β-unsaturated/α-hetero) is 1. The molecule has 62 valence electrons. The van der Waals surface area contributed by atoms with Crippen LogP contribution in [0, 0.1) is 5.92 Å². The Morgan fingerprint density at radius 3 is 2.73 bits per heavy atom. The second-order valence-corrected chi connectivity index (χ2v) is 5.42. The maximum absolute atomic E-state index is 11.7. The molecular weight excluding hydrogens is 156 g/mol. The van der Waals surface area contributed by atoms with Crippen molar-refractivity contribution in [2.24, 2.45) is 5.92 Å². The molecule has 1 atom stereocenters. The quantitative estimate of drug-likeness (QED) is 0.632. The third-order valence-electron chi connectivity index (χ3n) is 2.69. The topological polar surface area (TPSA) is 17.1 Å². The molecular formula is C9H14OS. The minimum absolute atomic E-state index is 0.0150. The first-order valence-corrected chi connectivity index (χ1v) is 5.39. The maximum atomic E-state index is 11.7. The van der Waals surface area contributed by atoms with E-state index in [0.29, 0.717) is 11.7 Å². The zero-order valence-corrected chi connectivity index (χ0v) is 7.75. The number of hydrogen-bond acceptors (Lipinski definition) is 2. The smallest absolute Gasteiger partial charge is 0.151 e. The number of thioether (sulfide) groups is 1. The molecule has 2 aliphatic rings. The van der Waals surface area contributed by atoms with Crippen LogP contribution in [0.4, 0.5) is 0 Å². The van der Waals surface area contributed by atoms with Crippen LogP contribution in [0.5, 0.6) is 0 Å². The van der Waals surface area contributed by atoms with E-state index >= 15 is 0 Å². The highest BCUT2D eigenvalue weighted by Gasteiger charge is 2.44. The van der Waals surface area contributed by atoms with Gasteiger partial charge in [-0.1, -0.05) is 0 Å². The third kappa shape index (κ3) is 1.33. The Bertz CT molecular complexity index is 178. The van der Waals surface area contributed by atoms with Crippen LogP contribution in [0.3, 0.4) is 0 Å². The predicted octanol–water partition coefficient (Wildman–Crippen LogP) is 2.25. The SMILES string of the molecule is CC1(C(=O)C2CC2)CCCS1. The van der Waals surface area contributed by atoms with Crippen molar-refractivity contribution in [1.29, 1.82) is 0 Å². The summed E-state index contributed by atoms with van der Waals surface area (Å²) in [6, 6.07) is 0. The van der Waals surface area contributed by atoms with Crippen molar-refractivity contribution in [3.05, 3.63) is 0 Å². The summed E-state index contributed by atoms with van der Waals surface area (Å²) in [6.45, 7) is 2.13. The van der Waals surface area contributed by atoms with Gasteiger partial charge >= 0.3 is 0 Å². The van der Waals surface area contributed by atoms with Crippen molar-refractivity contribution >= 4 is 17.5 Å². The monoisotopic (exact) mass is 170 g/mol. The molecule has 0 aromatic rings. The van der Waals surface area contributed by atoms with Gasteiger partial charge in [0.25, 0.3) is 0 Å². The molecule has 11 heavy (non-hydrogen) atoms. The normalized spacial score (nSPS) is 37.5. The summed E-state index contributed by atoms with van der Waals surface area (Å²) >= 11 is 1.87. The van der Waals surface area contributed by atoms with Crippen molar-refractivity contribution in [1.82, 2.24) is 0 Å². The highest BCUT2D eigenvalue weighted by Crippen LogP contribution is 2.45. The van der Waals surface area contributed by atoms with Gasteiger partial charge < -0.3 is 0 Å². The average Bonchev–Trinajstić information content (AvgIpc) is 2.74. The van der Waals surface area contributed by atoms with Crippen LogP contribution in [-0.2, 0) is 4.79 Å². The summed E-state index contributed by atoms with van der Waals surface area (Å²) in [5, 5.41) is 0. The van der Waals surface area contributed by atoms with Gasteiger partial charge in [-0.3, -0.25) is 4.79 Å². The van der Waals surface area contributed by atoms with E-state index in [4.69, 9.17) is 0 Å². The maximum Gasteiger partial charge on any atom is 0.151 e. The summed E-state index contributed by atoms with van der Waals surface area (Å²) in [4.78, 5) is 11.7. The molecule has 0 amide bonds. The number of hydrogen-bond donors (Lipinski definition) is 0. The minimum Gasteiger partial charge on any atom is -0.298 e. The molecule has 1 saturated carbocycles. The van der Waals surface area contributed by atoms with Gasteiger partial charge in [0, 0.05) is 5.92 Å². The highest BCUT2D eigenvalue weighted by atomic mass is 32.2. The van der Waals surface area contributed by atoms with E-state index in [1.54, 1.807) is 0 Å². The summed E-state index contributed by atoms with van der Waals surface area (Å²) in [5.74, 6) is 2.18. The van der Waals surface area contributed by atoms with Gasteiger partial charge in [-0.05, 0) is 38.4 Å². The van der Waals surface area contributed by atoms with Gasteiger partial charge in [0.15, 0.2) is 5.78 Å². The van der Waals surface area contributed by atoms with Crippen LogP contribution in [-0.4, -0.2) is 16.3 Å². The molecule has 0 aromatic carbocycles. The Morgan fingerprint density at radius 2 is 2.27 bits per heavy atom. The van der Waals surface area contributed by atoms with Crippen LogP contribution in [0.1, 0.15) is 32.6 Å². The fourth-order valence-electron chi connectivity index (χ4n) is 1.75. The van der Waals surface area contributed by atoms with Crippen LogP contribution in [0.25, 0.3) is 0 Å². The predicted molar refractivity (Wildman–Crippen MR) is 47.8 cm³/mol. The molecule has 0 spiro atoms. The molecule has 2 heteroatoms. The molecule has 1 saturated heterocycles. The first kappa shape index (κ1) is 7.66. The van der Waals surface area contributed by atoms with Gasteiger partial charge in [-0.25, -0.2) is 0 Å². The van der Waals surface area contributed by atoms with Crippen molar-refractivity contribution in [3.63, 3.8) is 0 Å². The number of carbonyl (C=O) groups is 1. The van der Waals surface area contributed by atoms with Crippen LogP contribution in [0.2, 0.25) is 0 Å². The molecule has 1 nitrogen and oxygen atoms in total. The van der Waals surface area contributed by atoms with Crippen LogP contribution in [0.15, 0.2) is 0 Å². The Labute approximate surface area is 71.9 Å². The lowest BCUT2D eigenvalue weighted by Crippen LogP contribution is -2.29. The zero-order valence-electron chi connectivity index (χ0n) is 6.93. The molecule has 0 radical (unpaired) electrons. The molecule has 0 bridgehead atoms. The van der Waals surface area contributed by atoms with E-state index in [2.05, 4.69) is 6.92 Å². The molecule has 2 fully saturated rings. The van der Waals surface area contributed by atoms with E-state index in [1.165, 1.54) is 12.2 Å². The molecule has 1 heterocycles. The molecule has 2 rings (SSSR count). The summed E-state index contributed by atoms with van der Waals surface area (Å²) in [7, 11) is 0. The van der Waals surface area contributed by atoms with Crippen molar-refractivity contribution < 1.29 is 4.79 Å². The lowest BCUT2D eigenvalue weighted by molar-refractivity contribution is -0.122. The molecule has 1 aliphatic carbocycles. The Kier molecular flexibility index (Phi) is 1.75. The summed E-state index contributed by atoms with van der Waals surface area (Å²) in [5.41, 5.74) is 0. The molecule has 0 N–H and O–H groups in total. The van der Waals surface area contributed by atoms with E-state index in [-0.39, 0.29) is 4.75 Å². The molecule has 0 aromatic heterocycles. The van der Waals surface area contributed by atoms with Crippen LogP contribution >= 0.6 is 11.8 Å². The van der Waals surface area contributed by atoms with Crippen molar-refractivity contribution in [2.45, 2.75) is 37.4 Å². The highest BCUT2D eigenvalue weighted by molar-refractivity contribution is 8.01. The van der Waals surface area contributed by atoms with E-state index in [9.17, 15) is 4.79 Å². The van der Waals surface area contributed by atoms with Gasteiger partial charge in [-0.15, -0.1) is 11.8 Å². The van der Waals surface area contributed by atoms with E-state index < -0.39 is 0 Å². The zero-order chi connectivity index (χ0) is 7.90. The van der Waals surface area contributed by atoms with Crippen LogP contribution < -0.4 is 0 Å². The standard InChI is InChI=1S/C9H14OS/c1-9(5-2-6-11-9)8(10)7-3-4-7/h7H,2-6H2,1H3. The second-order valence-electron chi connectivity index (χ2n) is 3.82. The third-order valence-corrected chi connectivity index (χ3v) is 4.22.